The van der Waals surface area contributed by atoms with E-state index in [1.165, 1.54) is 18.2 Å². The predicted molar refractivity (Wildman–Crippen MR) is 45.1 cm³/mol. The number of hydrogen-bond donors (Lipinski definition) is 3. The molecule has 0 aliphatic carbocycles. The van der Waals surface area contributed by atoms with Gasteiger partial charge in [-0.1, -0.05) is 0 Å². The molecular formula is C8H8FN3O. The Hall–Kier alpha value is -1.46. The highest BCUT2D eigenvalue weighted by atomic mass is 19.1. The third kappa shape index (κ3) is 1.18. The molecule has 1 heterocycles. The maximum Gasteiger partial charge on any atom is 0.247 e. The molecule has 1 atom stereocenters. The summed E-state index contributed by atoms with van der Waals surface area (Å²) in [7, 11) is 0. The van der Waals surface area contributed by atoms with Crippen molar-refractivity contribution in [1.82, 2.24) is 5.43 Å². The molecule has 0 bridgehead atoms. The van der Waals surface area contributed by atoms with Gasteiger partial charge < -0.3 is 5.32 Å². The molecule has 0 saturated carbocycles. The van der Waals surface area contributed by atoms with Crippen molar-refractivity contribution in [1.29, 1.82) is 0 Å². The number of carbonyl (C=O) groups is 1. The van der Waals surface area contributed by atoms with Crippen LogP contribution in [0.15, 0.2) is 18.2 Å². The summed E-state index contributed by atoms with van der Waals surface area (Å²) in [5, 5.41) is 2.58. The van der Waals surface area contributed by atoms with Gasteiger partial charge in [-0.15, -0.1) is 0 Å². The molecule has 1 unspecified atom stereocenters. The number of benzene rings is 1. The van der Waals surface area contributed by atoms with E-state index in [0.29, 0.717) is 11.3 Å². The number of nitrogens with one attached hydrogen (secondary N) is 2. The van der Waals surface area contributed by atoms with E-state index in [-0.39, 0.29) is 11.7 Å². The minimum Gasteiger partial charge on any atom is -0.324 e. The number of amides is 1. The minimum absolute atomic E-state index is 0.261. The van der Waals surface area contributed by atoms with Crippen LogP contribution in [-0.4, -0.2) is 5.91 Å². The van der Waals surface area contributed by atoms with Gasteiger partial charge in [0.25, 0.3) is 0 Å². The highest BCUT2D eigenvalue weighted by Gasteiger charge is 2.29. The highest BCUT2D eigenvalue weighted by Crippen LogP contribution is 2.30. The Labute approximate surface area is 73.9 Å². The monoisotopic (exact) mass is 181 g/mol. The van der Waals surface area contributed by atoms with E-state index in [9.17, 15) is 9.18 Å². The number of anilines is 1. The van der Waals surface area contributed by atoms with Crippen LogP contribution in [0.2, 0.25) is 0 Å². The molecule has 4 N–H and O–H groups in total. The van der Waals surface area contributed by atoms with Gasteiger partial charge in [0.2, 0.25) is 5.91 Å². The molecule has 0 spiro atoms. The van der Waals surface area contributed by atoms with Crippen molar-refractivity contribution in [2.24, 2.45) is 5.84 Å². The Morgan fingerprint density at radius 3 is 3.00 bits per heavy atom. The smallest absolute Gasteiger partial charge is 0.247 e. The molecule has 1 aliphatic heterocycles. The first-order valence-electron chi connectivity index (χ1n) is 3.79. The molecule has 1 aromatic rings. The van der Waals surface area contributed by atoms with Crippen LogP contribution in [0.1, 0.15) is 11.6 Å². The van der Waals surface area contributed by atoms with Gasteiger partial charge >= 0.3 is 0 Å². The van der Waals surface area contributed by atoms with Crippen LogP contribution in [-0.2, 0) is 4.79 Å². The van der Waals surface area contributed by atoms with Gasteiger partial charge in [-0.2, -0.15) is 0 Å². The summed E-state index contributed by atoms with van der Waals surface area (Å²) in [6, 6.07) is 3.45. The SMILES string of the molecule is NNC1C(=O)Nc2ccc(F)cc21. The summed E-state index contributed by atoms with van der Waals surface area (Å²) in [6.07, 6.45) is 0. The fourth-order valence-electron chi connectivity index (χ4n) is 1.40. The Kier molecular flexibility index (Phi) is 1.75. The molecule has 68 valence electrons. The topological polar surface area (TPSA) is 67.1 Å². The van der Waals surface area contributed by atoms with Crippen LogP contribution < -0.4 is 16.6 Å². The second-order valence-corrected chi connectivity index (χ2v) is 2.82. The Morgan fingerprint density at radius 2 is 2.31 bits per heavy atom. The number of nitrogens with two attached hydrogens (primary N) is 1. The second-order valence-electron chi connectivity index (χ2n) is 2.82. The molecule has 13 heavy (non-hydrogen) atoms. The fraction of sp³-hybridized carbons (Fsp3) is 0.125. The van der Waals surface area contributed by atoms with Gasteiger partial charge in [0, 0.05) is 11.3 Å². The van der Waals surface area contributed by atoms with E-state index in [0.717, 1.165) is 0 Å². The van der Waals surface area contributed by atoms with Crippen molar-refractivity contribution in [3.05, 3.63) is 29.6 Å². The highest BCUT2D eigenvalue weighted by molar-refractivity contribution is 6.02. The molecule has 0 fully saturated rings. The van der Waals surface area contributed by atoms with Crippen molar-refractivity contribution in [2.75, 3.05) is 5.32 Å². The summed E-state index contributed by atoms with van der Waals surface area (Å²) in [4.78, 5) is 11.2. The lowest BCUT2D eigenvalue weighted by Crippen LogP contribution is -2.32. The van der Waals surface area contributed by atoms with Gasteiger partial charge in [0.15, 0.2) is 0 Å². The first kappa shape index (κ1) is 8.15. The molecule has 0 radical (unpaired) electrons. The average Bonchev–Trinajstić information content (AvgIpc) is 2.40. The second kappa shape index (κ2) is 2.79. The number of fused-ring (bicyclic) bond motifs is 1. The van der Waals surface area contributed by atoms with E-state index >= 15 is 0 Å². The lowest BCUT2D eigenvalue weighted by Gasteiger charge is -2.05. The number of rotatable bonds is 1. The van der Waals surface area contributed by atoms with E-state index in [4.69, 9.17) is 5.84 Å². The van der Waals surface area contributed by atoms with Crippen molar-refractivity contribution in [3.63, 3.8) is 0 Å². The van der Waals surface area contributed by atoms with E-state index in [1.807, 2.05) is 0 Å². The van der Waals surface area contributed by atoms with E-state index in [1.54, 1.807) is 0 Å². The van der Waals surface area contributed by atoms with Crippen molar-refractivity contribution >= 4 is 11.6 Å². The van der Waals surface area contributed by atoms with E-state index in [2.05, 4.69) is 10.7 Å². The summed E-state index contributed by atoms with van der Waals surface area (Å²) < 4.78 is 12.8. The zero-order valence-electron chi connectivity index (χ0n) is 6.67. The van der Waals surface area contributed by atoms with Crippen molar-refractivity contribution in [2.45, 2.75) is 6.04 Å². The zero-order valence-corrected chi connectivity index (χ0v) is 6.67. The first-order valence-corrected chi connectivity index (χ1v) is 3.79. The maximum atomic E-state index is 12.8. The third-order valence-corrected chi connectivity index (χ3v) is 2.01. The molecule has 2 rings (SSSR count). The molecule has 4 nitrogen and oxygen atoms in total. The zero-order chi connectivity index (χ0) is 9.42. The van der Waals surface area contributed by atoms with Crippen molar-refractivity contribution in [3.8, 4) is 0 Å². The summed E-state index contributed by atoms with van der Waals surface area (Å²) in [5.74, 6) is 4.52. The van der Waals surface area contributed by atoms with Crippen LogP contribution in [0.5, 0.6) is 0 Å². The third-order valence-electron chi connectivity index (χ3n) is 2.01. The van der Waals surface area contributed by atoms with Gasteiger partial charge in [0.1, 0.15) is 11.9 Å². The number of hydrazine groups is 1. The Balaban J connectivity index is 2.50. The van der Waals surface area contributed by atoms with Crippen LogP contribution in [0, 0.1) is 5.82 Å². The molecule has 1 aliphatic rings. The van der Waals surface area contributed by atoms with Gasteiger partial charge in [0.05, 0.1) is 0 Å². The van der Waals surface area contributed by atoms with E-state index < -0.39 is 6.04 Å². The van der Waals surface area contributed by atoms with Crippen LogP contribution >= 0.6 is 0 Å². The Bertz CT molecular complexity index is 366. The van der Waals surface area contributed by atoms with Gasteiger partial charge in [-0.3, -0.25) is 10.6 Å². The molecular weight excluding hydrogens is 173 g/mol. The largest absolute Gasteiger partial charge is 0.324 e. The Morgan fingerprint density at radius 1 is 1.54 bits per heavy atom. The standard InChI is InChI=1S/C8H8FN3O/c9-4-1-2-6-5(3-4)7(12-10)8(13)11-6/h1-3,7,12H,10H2,(H,11,13). The number of hydrogen-bond acceptors (Lipinski definition) is 3. The molecule has 1 aromatic carbocycles. The first-order chi connectivity index (χ1) is 6.22. The molecule has 5 heteroatoms. The van der Waals surface area contributed by atoms with Crippen LogP contribution in [0.25, 0.3) is 0 Å². The lowest BCUT2D eigenvalue weighted by atomic mass is 10.1. The minimum atomic E-state index is -0.648. The molecule has 0 saturated heterocycles. The van der Waals surface area contributed by atoms with Gasteiger partial charge in [-0.25, -0.2) is 9.82 Å². The molecule has 0 aromatic heterocycles. The maximum absolute atomic E-state index is 12.8. The number of halogens is 1. The van der Waals surface area contributed by atoms with Crippen LogP contribution in [0.4, 0.5) is 10.1 Å². The van der Waals surface area contributed by atoms with Crippen LogP contribution in [0.3, 0.4) is 0 Å². The normalized spacial score (nSPS) is 19.8. The summed E-state index contributed by atoms with van der Waals surface area (Å²) in [6.45, 7) is 0. The summed E-state index contributed by atoms with van der Waals surface area (Å²) in [5.41, 5.74) is 3.47. The van der Waals surface area contributed by atoms with Gasteiger partial charge in [-0.05, 0) is 18.2 Å². The molecule has 1 amide bonds. The van der Waals surface area contributed by atoms with Crippen molar-refractivity contribution < 1.29 is 9.18 Å². The summed E-state index contributed by atoms with van der Waals surface area (Å²) >= 11 is 0. The average molecular weight is 181 g/mol. The fourth-order valence-corrected chi connectivity index (χ4v) is 1.40. The quantitative estimate of drug-likeness (QED) is 0.430. The lowest BCUT2D eigenvalue weighted by molar-refractivity contribution is -0.117. The number of carbonyl (C=O) groups excluding carboxylic acids is 1. The predicted octanol–water partition coefficient (Wildman–Crippen LogP) is 0.282.